The van der Waals surface area contributed by atoms with Gasteiger partial charge in [-0.25, -0.2) is 0 Å². The summed E-state index contributed by atoms with van der Waals surface area (Å²) < 4.78 is 5.79. The average Bonchev–Trinajstić information content (AvgIpc) is 2.24. The van der Waals surface area contributed by atoms with E-state index in [9.17, 15) is 5.11 Å². The molecule has 0 radical (unpaired) electrons. The number of aliphatic hydroxyl groups is 1. The van der Waals surface area contributed by atoms with Crippen molar-refractivity contribution in [3.8, 4) is 0 Å². The van der Waals surface area contributed by atoms with Crippen molar-refractivity contribution in [3.63, 3.8) is 0 Å². The normalized spacial score (nSPS) is 46.1. The molecule has 1 N–H and O–H groups in total. The van der Waals surface area contributed by atoms with E-state index in [4.69, 9.17) is 4.74 Å². The third kappa shape index (κ3) is 1.10. The van der Waals surface area contributed by atoms with E-state index in [1.54, 1.807) is 0 Å². The molecule has 2 aliphatic rings. The van der Waals surface area contributed by atoms with Crippen LogP contribution in [0.3, 0.4) is 0 Å². The van der Waals surface area contributed by atoms with Crippen LogP contribution in [-0.4, -0.2) is 23.4 Å². The lowest BCUT2D eigenvalue weighted by Crippen LogP contribution is -2.34. The second-order valence-corrected chi connectivity index (χ2v) is 4.27. The Bertz CT molecular complexity index is 222. The van der Waals surface area contributed by atoms with Crippen LogP contribution in [0.2, 0.25) is 0 Å². The first-order valence-electron chi connectivity index (χ1n) is 4.60. The summed E-state index contributed by atoms with van der Waals surface area (Å²) in [6, 6.07) is 0. The predicted molar refractivity (Wildman–Crippen MR) is 46.8 cm³/mol. The van der Waals surface area contributed by atoms with Crippen molar-refractivity contribution in [1.82, 2.24) is 0 Å². The highest BCUT2D eigenvalue weighted by atomic mass is 16.5. The molecule has 0 saturated carbocycles. The number of hydrogen-bond donors (Lipinski definition) is 1. The van der Waals surface area contributed by atoms with Gasteiger partial charge in [-0.2, -0.15) is 0 Å². The molecule has 2 nitrogen and oxygen atoms in total. The van der Waals surface area contributed by atoms with Gasteiger partial charge in [0.2, 0.25) is 0 Å². The predicted octanol–water partition coefficient (Wildman–Crippen LogP) is 1.49. The molecule has 2 rings (SSSR count). The van der Waals surface area contributed by atoms with Gasteiger partial charge in [0, 0.05) is 5.92 Å². The summed E-state index contributed by atoms with van der Waals surface area (Å²) in [5, 5.41) is 9.20. The zero-order valence-corrected chi connectivity index (χ0v) is 7.71. The molecule has 0 amide bonds. The molecule has 0 aromatic heterocycles. The molecule has 1 fully saturated rings. The van der Waals surface area contributed by atoms with Crippen molar-refractivity contribution in [2.75, 3.05) is 6.61 Å². The highest BCUT2D eigenvalue weighted by molar-refractivity contribution is 5.15. The summed E-state index contributed by atoms with van der Waals surface area (Å²) in [7, 11) is 0. The molecule has 12 heavy (non-hydrogen) atoms. The van der Waals surface area contributed by atoms with Crippen LogP contribution in [0.1, 0.15) is 26.7 Å². The van der Waals surface area contributed by atoms with Crippen LogP contribution < -0.4 is 0 Å². The lowest BCUT2D eigenvalue weighted by atomic mass is 9.83. The number of rotatable bonds is 1. The molecule has 1 aliphatic heterocycles. The standard InChI is InChI=1S/C10H16O2/c1-7-3-8-5-9(4-7)12-10(8,2)6-11/h3,8-9,11H,4-6H2,1-2H3. The summed E-state index contributed by atoms with van der Waals surface area (Å²) in [5.74, 6) is 0.432. The van der Waals surface area contributed by atoms with Crippen LogP contribution in [0.15, 0.2) is 11.6 Å². The fourth-order valence-corrected chi connectivity index (χ4v) is 2.34. The SMILES string of the molecule is CC1=CC2CC(C1)OC2(C)CO. The maximum atomic E-state index is 9.20. The maximum Gasteiger partial charge on any atom is 0.0951 e. The van der Waals surface area contributed by atoms with E-state index in [-0.39, 0.29) is 12.2 Å². The molecule has 1 saturated heterocycles. The van der Waals surface area contributed by atoms with Crippen LogP contribution in [0.5, 0.6) is 0 Å². The van der Waals surface area contributed by atoms with Gasteiger partial charge >= 0.3 is 0 Å². The Morgan fingerprint density at radius 2 is 2.50 bits per heavy atom. The second-order valence-electron chi connectivity index (χ2n) is 4.27. The lowest BCUT2D eigenvalue weighted by Gasteiger charge is -2.25. The third-order valence-corrected chi connectivity index (χ3v) is 3.09. The van der Waals surface area contributed by atoms with Crippen molar-refractivity contribution < 1.29 is 9.84 Å². The average molecular weight is 168 g/mol. The highest BCUT2D eigenvalue weighted by Crippen LogP contribution is 2.42. The zero-order chi connectivity index (χ0) is 8.77. The number of ether oxygens (including phenoxy) is 1. The van der Waals surface area contributed by atoms with E-state index < -0.39 is 0 Å². The first-order valence-corrected chi connectivity index (χ1v) is 4.60. The second kappa shape index (κ2) is 2.57. The van der Waals surface area contributed by atoms with E-state index in [0.29, 0.717) is 12.0 Å². The van der Waals surface area contributed by atoms with Crippen LogP contribution in [0.25, 0.3) is 0 Å². The number of fused-ring (bicyclic) bond motifs is 2. The molecule has 0 spiro atoms. The Labute approximate surface area is 73.2 Å². The van der Waals surface area contributed by atoms with Gasteiger partial charge in [0.1, 0.15) is 0 Å². The molecule has 3 unspecified atom stereocenters. The molecular formula is C10H16O2. The topological polar surface area (TPSA) is 29.5 Å². The molecule has 2 heteroatoms. The Hall–Kier alpha value is -0.340. The van der Waals surface area contributed by atoms with E-state index in [1.807, 2.05) is 6.92 Å². The smallest absolute Gasteiger partial charge is 0.0951 e. The van der Waals surface area contributed by atoms with Crippen molar-refractivity contribution in [2.24, 2.45) is 5.92 Å². The minimum atomic E-state index is -0.303. The van der Waals surface area contributed by atoms with Gasteiger partial charge in [-0.05, 0) is 26.7 Å². The lowest BCUT2D eigenvalue weighted by molar-refractivity contribution is -0.0674. The fraction of sp³-hybridized carbons (Fsp3) is 0.800. The summed E-state index contributed by atoms with van der Waals surface area (Å²) in [6.07, 6.45) is 4.76. The number of hydrogen-bond acceptors (Lipinski definition) is 2. The van der Waals surface area contributed by atoms with Crippen LogP contribution in [0, 0.1) is 5.92 Å². The zero-order valence-electron chi connectivity index (χ0n) is 7.71. The van der Waals surface area contributed by atoms with Crippen LogP contribution in [0.4, 0.5) is 0 Å². The summed E-state index contributed by atoms with van der Waals surface area (Å²) in [5.41, 5.74) is 1.11. The molecule has 68 valence electrons. The van der Waals surface area contributed by atoms with Gasteiger partial charge in [-0.1, -0.05) is 11.6 Å². The van der Waals surface area contributed by atoms with Gasteiger partial charge in [0.25, 0.3) is 0 Å². The quantitative estimate of drug-likeness (QED) is 0.601. The fourth-order valence-electron chi connectivity index (χ4n) is 2.34. The van der Waals surface area contributed by atoms with Gasteiger partial charge in [0.05, 0.1) is 18.3 Å². The molecule has 1 aliphatic carbocycles. The van der Waals surface area contributed by atoms with E-state index >= 15 is 0 Å². The molecule has 0 aromatic rings. The minimum Gasteiger partial charge on any atom is -0.393 e. The molecule has 0 aromatic carbocycles. The number of aliphatic hydroxyl groups excluding tert-OH is 1. The Morgan fingerprint density at radius 3 is 3.17 bits per heavy atom. The largest absolute Gasteiger partial charge is 0.393 e. The molecule has 1 heterocycles. The van der Waals surface area contributed by atoms with Gasteiger partial charge in [-0.15, -0.1) is 0 Å². The van der Waals surface area contributed by atoms with Crippen molar-refractivity contribution >= 4 is 0 Å². The Morgan fingerprint density at radius 1 is 1.75 bits per heavy atom. The third-order valence-electron chi connectivity index (χ3n) is 3.09. The van der Waals surface area contributed by atoms with Crippen molar-refractivity contribution in [3.05, 3.63) is 11.6 Å². The monoisotopic (exact) mass is 168 g/mol. The van der Waals surface area contributed by atoms with E-state index in [1.165, 1.54) is 5.57 Å². The van der Waals surface area contributed by atoms with Gasteiger partial charge in [-0.3, -0.25) is 0 Å². The first-order chi connectivity index (χ1) is 5.64. The van der Waals surface area contributed by atoms with Crippen molar-refractivity contribution in [2.45, 2.75) is 38.4 Å². The minimum absolute atomic E-state index is 0.137. The summed E-state index contributed by atoms with van der Waals surface area (Å²) in [4.78, 5) is 0. The Kier molecular flexibility index (Phi) is 1.77. The van der Waals surface area contributed by atoms with Crippen molar-refractivity contribution in [1.29, 1.82) is 0 Å². The van der Waals surface area contributed by atoms with E-state index in [2.05, 4.69) is 13.0 Å². The van der Waals surface area contributed by atoms with Gasteiger partial charge < -0.3 is 9.84 Å². The highest BCUT2D eigenvalue weighted by Gasteiger charge is 2.45. The maximum absolute atomic E-state index is 9.20. The van der Waals surface area contributed by atoms with Crippen LogP contribution >= 0.6 is 0 Å². The molecule has 2 bridgehead atoms. The van der Waals surface area contributed by atoms with E-state index in [0.717, 1.165) is 12.8 Å². The molecular weight excluding hydrogens is 152 g/mol. The Balaban J connectivity index is 2.25. The molecule has 3 atom stereocenters. The summed E-state index contributed by atoms with van der Waals surface area (Å²) >= 11 is 0. The summed E-state index contributed by atoms with van der Waals surface area (Å²) in [6.45, 7) is 4.29. The van der Waals surface area contributed by atoms with Gasteiger partial charge in [0.15, 0.2) is 0 Å². The first kappa shape index (κ1) is 8.27. The van der Waals surface area contributed by atoms with Crippen LogP contribution in [-0.2, 0) is 4.74 Å².